The zero-order chi connectivity index (χ0) is 12.4. The smallest absolute Gasteiger partial charge is 0.328 e. The minimum atomic E-state index is -0.651. The first-order valence-corrected chi connectivity index (χ1v) is 5.35. The zero-order valence-corrected chi connectivity index (χ0v) is 9.78. The van der Waals surface area contributed by atoms with E-state index in [9.17, 15) is 9.59 Å². The molecule has 0 bridgehead atoms. The van der Waals surface area contributed by atoms with Gasteiger partial charge in [-0.2, -0.15) is 0 Å². The topological polar surface area (TPSA) is 87.7 Å². The maximum Gasteiger partial charge on any atom is 0.328 e. The van der Waals surface area contributed by atoms with Crippen molar-refractivity contribution in [3.05, 3.63) is 0 Å². The highest BCUT2D eigenvalue weighted by atomic mass is 16.5. The molecule has 94 valence electrons. The van der Waals surface area contributed by atoms with Gasteiger partial charge in [-0.15, -0.1) is 0 Å². The van der Waals surface area contributed by atoms with E-state index in [0.717, 1.165) is 19.3 Å². The van der Waals surface area contributed by atoms with Crippen molar-refractivity contribution in [1.29, 1.82) is 0 Å². The van der Waals surface area contributed by atoms with Crippen LogP contribution in [0, 0.1) is 0 Å². The van der Waals surface area contributed by atoms with Gasteiger partial charge in [-0.1, -0.05) is 0 Å². The highest BCUT2D eigenvalue weighted by Crippen LogP contribution is 1.92. The maximum atomic E-state index is 11.2. The molecule has 6 nitrogen and oxygen atoms in total. The second kappa shape index (κ2) is 8.96. The molecule has 0 heterocycles. The van der Waals surface area contributed by atoms with Crippen LogP contribution in [0.2, 0.25) is 0 Å². The van der Waals surface area contributed by atoms with E-state index in [1.54, 1.807) is 6.92 Å². The molecule has 0 saturated carbocycles. The van der Waals surface area contributed by atoms with Crippen molar-refractivity contribution in [3.8, 4) is 0 Å². The molecule has 3 N–H and O–H groups in total. The van der Waals surface area contributed by atoms with Crippen molar-refractivity contribution in [3.63, 3.8) is 0 Å². The Hall–Kier alpha value is -1.30. The molecule has 2 amide bonds. The lowest BCUT2D eigenvalue weighted by atomic mass is 10.2. The average molecular weight is 232 g/mol. The Morgan fingerprint density at radius 1 is 1.31 bits per heavy atom. The van der Waals surface area contributed by atoms with Crippen LogP contribution in [0.15, 0.2) is 0 Å². The molecule has 1 unspecified atom stereocenters. The Morgan fingerprint density at radius 3 is 2.56 bits per heavy atom. The molecular formula is C10H20N2O4. The quantitative estimate of drug-likeness (QED) is 0.426. The Morgan fingerprint density at radius 2 is 2.00 bits per heavy atom. The summed E-state index contributed by atoms with van der Waals surface area (Å²) in [4.78, 5) is 22.2. The number of urea groups is 1. The van der Waals surface area contributed by atoms with Gasteiger partial charge in [0.25, 0.3) is 0 Å². The number of esters is 1. The third-order valence-corrected chi connectivity index (χ3v) is 2.02. The van der Waals surface area contributed by atoms with Crippen LogP contribution >= 0.6 is 0 Å². The number of aliphatic hydroxyl groups is 1. The number of hydrogen-bond acceptors (Lipinski definition) is 4. The lowest BCUT2D eigenvalue weighted by Crippen LogP contribution is -2.45. The molecule has 0 aliphatic carbocycles. The minimum absolute atomic E-state index is 0.172. The first-order valence-electron chi connectivity index (χ1n) is 5.35. The van der Waals surface area contributed by atoms with E-state index >= 15 is 0 Å². The Bertz CT molecular complexity index is 221. The summed E-state index contributed by atoms with van der Waals surface area (Å²) in [6, 6.07) is -1.04. The largest absolute Gasteiger partial charge is 0.467 e. The van der Waals surface area contributed by atoms with Gasteiger partial charge in [0.2, 0.25) is 0 Å². The van der Waals surface area contributed by atoms with Gasteiger partial charge in [-0.05, 0) is 26.2 Å². The van der Waals surface area contributed by atoms with Crippen LogP contribution in [-0.2, 0) is 9.53 Å². The maximum absolute atomic E-state index is 11.2. The first-order chi connectivity index (χ1) is 7.61. The molecule has 1 atom stereocenters. The lowest BCUT2D eigenvalue weighted by molar-refractivity contribution is -0.142. The number of aliphatic hydroxyl groups excluding tert-OH is 1. The van der Waals surface area contributed by atoms with Crippen LogP contribution in [-0.4, -0.2) is 43.4 Å². The summed E-state index contributed by atoms with van der Waals surface area (Å²) in [7, 11) is 1.27. The third kappa shape index (κ3) is 7.05. The molecule has 0 aromatic heterocycles. The fourth-order valence-corrected chi connectivity index (χ4v) is 1.10. The number of methoxy groups -OCH3 is 1. The highest BCUT2D eigenvalue weighted by molar-refractivity contribution is 5.83. The van der Waals surface area contributed by atoms with Gasteiger partial charge in [0, 0.05) is 13.2 Å². The lowest BCUT2D eigenvalue weighted by Gasteiger charge is -2.12. The molecule has 16 heavy (non-hydrogen) atoms. The average Bonchev–Trinajstić information content (AvgIpc) is 2.27. The second-order valence-corrected chi connectivity index (χ2v) is 3.43. The van der Waals surface area contributed by atoms with Crippen LogP contribution in [0.5, 0.6) is 0 Å². The normalized spacial score (nSPS) is 11.7. The summed E-state index contributed by atoms with van der Waals surface area (Å²) < 4.78 is 4.46. The van der Waals surface area contributed by atoms with Crippen LogP contribution < -0.4 is 10.6 Å². The summed E-state index contributed by atoms with van der Waals surface area (Å²) in [5, 5.41) is 13.6. The van der Waals surface area contributed by atoms with Gasteiger partial charge in [0.15, 0.2) is 0 Å². The summed E-state index contributed by atoms with van der Waals surface area (Å²) in [5.41, 5.74) is 0. The van der Waals surface area contributed by atoms with E-state index in [0.29, 0.717) is 6.54 Å². The number of carbonyl (C=O) groups is 2. The molecular weight excluding hydrogens is 212 g/mol. The van der Waals surface area contributed by atoms with Crippen molar-refractivity contribution >= 4 is 12.0 Å². The number of nitrogens with one attached hydrogen (secondary N) is 2. The van der Waals surface area contributed by atoms with Gasteiger partial charge in [-0.25, -0.2) is 9.59 Å². The van der Waals surface area contributed by atoms with Crippen LogP contribution in [0.4, 0.5) is 4.79 Å². The Balaban J connectivity index is 3.54. The van der Waals surface area contributed by atoms with Crippen molar-refractivity contribution in [2.24, 2.45) is 0 Å². The monoisotopic (exact) mass is 232 g/mol. The summed E-state index contributed by atoms with van der Waals surface area (Å²) in [6.07, 6.45) is 2.41. The summed E-state index contributed by atoms with van der Waals surface area (Å²) in [6.45, 7) is 2.25. The molecule has 0 aromatic carbocycles. The first kappa shape index (κ1) is 14.7. The van der Waals surface area contributed by atoms with Crippen LogP contribution in [0.1, 0.15) is 26.2 Å². The molecule has 0 aromatic rings. The summed E-state index contributed by atoms with van der Waals surface area (Å²) >= 11 is 0. The van der Waals surface area contributed by atoms with Crippen molar-refractivity contribution in [2.75, 3.05) is 20.3 Å². The Kier molecular flexibility index (Phi) is 8.24. The van der Waals surface area contributed by atoms with Gasteiger partial charge in [0.05, 0.1) is 7.11 Å². The predicted octanol–water partition coefficient (Wildman–Crippen LogP) is 0.00970. The van der Waals surface area contributed by atoms with E-state index in [1.807, 2.05) is 0 Å². The fraction of sp³-hybridized carbons (Fsp3) is 0.800. The van der Waals surface area contributed by atoms with Crippen molar-refractivity contribution < 1.29 is 19.4 Å². The van der Waals surface area contributed by atoms with E-state index in [4.69, 9.17) is 5.11 Å². The van der Waals surface area contributed by atoms with Gasteiger partial charge < -0.3 is 20.5 Å². The zero-order valence-electron chi connectivity index (χ0n) is 9.78. The summed E-state index contributed by atoms with van der Waals surface area (Å²) in [5.74, 6) is -0.476. The van der Waals surface area contributed by atoms with Crippen molar-refractivity contribution in [2.45, 2.75) is 32.2 Å². The Labute approximate surface area is 95.4 Å². The third-order valence-electron chi connectivity index (χ3n) is 2.02. The van der Waals surface area contributed by atoms with E-state index in [-0.39, 0.29) is 12.6 Å². The molecule has 0 saturated heterocycles. The molecule has 6 heteroatoms. The SMILES string of the molecule is COC(=O)C(C)NC(=O)NCCCCCO. The van der Waals surface area contributed by atoms with Crippen molar-refractivity contribution in [1.82, 2.24) is 10.6 Å². The fourth-order valence-electron chi connectivity index (χ4n) is 1.10. The van der Waals surface area contributed by atoms with Crippen LogP contribution in [0.3, 0.4) is 0 Å². The minimum Gasteiger partial charge on any atom is -0.467 e. The molecule has 0 rings (SSSR count). The van der Waals surface area contributed by atoms with Crippen LogP contribution in [0.25, 0.3) is 0 Å². The predicted molar refractivity (Wildman–Crippen MR) is 58.9 cm³/mol. The number of unbranched alkanes of at least 4 members (excludes halogenated alkanes) is 2. The van der Waals surface area contributed by atoms with Gasteiger partial charge in [-0.3, -0.25) is 0 Å². The molecule has 0 aliphatic rings. The van der Waals surface area contributed by atoms with E-state index in [1.165, 1.54) is 7.11 Å². The molecule has 0 radical (unpaired) electrons. The van der Waals surface area contributed by atoms with Gasteiger partial charge >= 0.3 is 12.0 Å². The number of ether oxygens (including phenoxy) is 1. The van der Waals surface area contributed by atoms with E-state index < -0.39 is 12.0 Å². The molecule has 0 spiro atoms. The highest BCUT2D eigenvalue weighted by Gasteiger charge is 2.14. The molecule has 0 fully saturated rings. The van der Waals surface area contributed by atoms with E-state index in [2.05, 4.69) is 15.4 Å². The number of rotatable bonds is 7. The second-order valence-electron chi connectivity index (χ2n) is 3.43. The number of amides is 2. The van der Waals surface area contributed by atoms with Gasteiger partial charge in [0.1, 0.15) is 6.04 Å². The number of carbonyl (C=O) groups excluding carboxylic acids is 2. The molecule has 0 aliphatic heterocycles. The standard InChI is InChI=1S/C10H20N2O4/c1-8(9(14)16-2)12-10(15)11-6-4-3-5-7-13/h8,13H,3-7H2,1-2H3,(H2,11,12,15). The number of hydrogen-bond donors (Lipinski definition) is 3.